The van der Waals surface area contributed by atoms with Gasteiger partial charge in [0.1, 0.15) is 5.69 Å². The van der Waals surface area contributed by atoms with Gasteiger partial charge in [-0.05, 0) is 19.1 Å². The number of hydrogen-bond donors (Lipinski definition) is 0. The summed E-state index contributed by atoms with van der Waals surface area (Å²) >= 11 is 0. The van der Waals surface area contributed by atoms with Crippen LogP contribution in [0.4, 0.5) is 0 Å². The zero-order valence-corrected chi connectivity index (χ0v) is 8.84. The Labute approximate surface area is 92.4 Å². The van der Waals surface area contributed by atoms with E-state index in [9.17, 15) is 9.59 Å². The molecule has 0 saturated heterocycles. The molecule has 4 heteroatoms. The molecule has 16 heavy (non-hydrogen) atoms. The minimum absolute atomic E-state index is 0.262. The third-order valence-electron chi connectivity index (χ3n) is 2.34. The number of ether oxygens (including phenoxy) is 1. The highest BCUT2D eigenvalue weighted by atomic mass is 16.5. The first kappa shape index (κ1) is 10.4. The molecule has 2 aromatic rings. The predicted octanol–water partition coefficient (Wildman–Crippen LogP) is 1.86. The summed E-state index contributed by atoms with van der Waals surface area (Å²) in [6.07, 6.45) is 0.620. The third kappa shape index (κ3) is 1.58. The smallest absolute Gasteiger partial charge is 0.355 e. The SMILES string of the molecule is CCOC(=O)c1cc2ccccc2n1C=O. The molecular weight excluding hydrogens is 206 g/mol. The van der Waals surface area contributed by atoms with E-state index < -0.39 is 5.97 Å². The second-order valence-corrected chi connectivity index (χ2v) is 3.28. The van der Waals surface area contributed by atoms with Crippen LogP contribution in [-0.2, 0) is 9.53 Å². The van der Waals surface area contributed by atoms with Crippen molar-refractivity contribution in [2.24, 2.45) is 0 Å². The van der Waals surface area contributed by atoms with Crippen molar-refractivity contribution in [2.45, 2.75) is 6.92 Å². The van der Waals surface area contributed by atoms with Crippen LogP contribution in [0, 0.1) is 0 Å². The summed E-state index contributed by atoms with van der Waals surface area (Å²) in [5.74, 6) is -0.481. The van der Waals surface area contributed by atoms with Gasteiger partial charge in [0.15, 0.2) is 0 Å². The van der Waals surface area contributed by atoms with Crippen LogP contribution in [0.25, 0.3) is 10.9 Å². The van der Waals surface area contributed by atoms with Crippen LogP contribution in [0.1, 0.15) is 17.4 Å². The number of benzene rings is 1. The van der Waals surface area contributed by atoms with Crippen molar-refractivity contribution in [3.8, 4) is 0 Å². The molecule has 1 aromatic carbocycles. The Morgan fingerprint density at radius 2 is 2.19 bits per heavy atom. The molecule has 0 saturated carbocycles. The summed E-state index contributed by atoms with van der Waals surface area (Å²) in [7, 11) is 0. The molecule has 4 nitrogen and oxygen atoms in total. The highest BCUT2D eigenvalue weighted by Gasteiger charge is 2.15. The second-order valence-electron chi connectivity index (χ2n) is 3.28. The van der Waals surface area contributed by atoms with Crippen molar-refractivity contribution >= 4 is 23.3 Å². The van der Waals surface area contributed by atoms with Crippen LogP contribution >= 0.6 is 0 Å². The number of hydrogen-bond acceptors (Lipinski definition) is 3. The fourth-order valence-corrected chi connectivity index (χ4v) is 1.65. The van der Waals surface area contributed by atoms with Gasteiger partial charge in [-0.2, -0.15) is 0 Å². The number of carbonyl (C=O) groups excluding carboxylic acids is 2. The van der Waals surface area contributed by atoms with E-state index in [4.69, 9.17) is 4.74 Å². The molecule has 0 radical (unpaired) electrons. The monoisotopic (exact) mass is 217 g/mol. The van der Waals surface area contributed by atoms with E-state index in [1.165, 1.54) is 4.57 Å². The maximum absolute atomic E-state index is 11.6. The van der Waals surface area contributed by atoms with Crippen molar-refractivity contribution in [1.29, 1.82) is 0 Å². The highest BCUT2D eigenvalue weighted by Crippen LogP contribution is 2.18. The topological polar surface area (TPSA) is 48.3 Å². The summed E-state index contributed by atoms with van der Waals surface area (Å²) < 4.78 is 6.18. The Bertz CT molecular complexity index is 542. The molecule has 0 amide bonds. The van der Waals surface area contributed by atoms with E-state index >= 15 is 0 Å². The zero-order valence-electron chi connectivity index (χ0n) is 8.84. The molecule has 0 aliphatic rings. The molecule has 0 aliphatic heterocycles. The van der Waals surface area contributed by atoms with Crippen LogP contribution in [0.15, 0.2) is 30.3 Å². The van der Waals surface area contributed by atoms with E-state index in [1.54, 1.807) is 19.1 Å². The number of nitrogens with zero attached hydrogens (tertiary/aromatic N) is 1. The molecule has 2 rings (SSSR count). The number of carbonyl (C=O) groups is 2. The molecule has 0 N–H and O–H groups in total. The highest BCUT2D eigenvalue weighted by molar-refractivity contribution is 5.99. The molecule has 0 bridgehead atoms. The summed E-state index contributed by atoms with van der Waals surface area (Å²) in [6, 6.07) is 8.95. The fraction of sp³-hybridized carbons (Fsp3) is 0.167. The number of rotatable bonds is 3. The third-order valence-corrected chi connectivity index (χ3v) is 2.34. The van der Waals surface area contributed by atoms with E-state index in [-0.39, 0.29) is 5.69 Å². The van der Waals surface area contributed by atoms with Gasteiger partial charge < -0.3 is 4.74 Å². The Morgan fingerprint density at radius 3 is 2.88 bits per heavy atom. The molecule has 0 aliphatic carbocycles. The van der Waals surface area contributed by atoms with Gasteiger partial charge in [-0.1, -0.05) is 18.2 Å². The maximum Gasteiger partial charge on any atom is 0.355 e. The first-order valence-corrected chi connectivity index (χ1v) is 5.00. The zero-order chi connectivity index (χ0) is 11.5. The van der Waals surface area contributed by atoms with E-state index in [0.717, 1.165) is 5.39 Å². The summed E-state index contributed by atoms with van der Waals surface area (Å²) in [6.45, 7) is 2.02. The second kappa shape index (κ2) is 4.18. The minimum Gasteiger partial charge on any atom is -0.461 e. The fourth-order valence-electron chi connectivity index (χ4n) is 1.65. The molecular formula is C12H11NO3. The van der Waals surface area contributed by atoms with Crippen LogP contribution in [0.2, 0.25) is 0 Å². The van der Waals surface area contributed by atoms with Gasteiger partial charge in [-0.25, -0.2) is 4.79 Å². The Hall–Kier alpha value is -2.10. The molecule has 0 fully saturated rings. The molecule has 82 valence electrons. The van der Waals surface area contributed by atoms with Crippen molar-refractivity contribution in [2.75, 3.05) is 6.61 Å². The van der Waals surface area contributed by atoms with E-state index in [1.807, 2.05) is 18.2 Å². The van der Waals surface area contributed by atoms with Crippen molar-refractivity contribution in [3.05, 3.63) is 36.0 Å². The van der Waals surface area contributed by atoms with Crippen LogP contribution in [0.5, 0.6) is 0 Å². The molecule has 0 atom stereocenters. The van der Waals surface area contributed by atoms with Gasteiger partial charge in [0.05, 0.1) is 12.1 Å². The lowest BCUT2D eigenvalue weighted by Crippen LogP contribution is -2.11. The van der Waals surface area contributed by atoms with E-state index in [0.29, 0.717) is 18.5 Å². The largest absolute Gasteiger partial charge is 0.461 e. The van der Waals surface area contributed by atoms with Crippen LogP contribution in [0.3, 0.4) is 0 Å². The van der Waals surface area contributed by atoms with Gasteiger partial charge in [0.25, 0.3) is 0 Å². The summed E-state index contributed by atoms with van der Waals surface area (Å²) in [5.41, 5.74) is 0.971. The van der Waals surface area contributed by atoms with E-state index in [2.05, 4.69) is 0 Å². The quantitative estimate of drug-likeness (QED) is 0.582. The Kier molecular flexibility index (Phi) is 2.72. The molecule has 1 heterocycles. The first-order chi connectivity index (χ1) is 7.77. The van der Waals surface area contributed by atoms with Gasteiger partial charge >= 0.3 is 5.97 Å². The lowest BCUT2D eigenvalue weighted by molar-refractivity contribution is 0.0518. The number of aromatic nitrogens is 1. The van der Waals surface area contributed by atoms with Gasteiger partial charge in [0, 0.05) is 5.39 Å². The van der Waals surface area contributed by atoms with Crippen molar-refractivity contribution < 1.29 is 14.3 Å². The number of esters is 1. The lowest BCUT2D eigenvalue weighted by atomic mass is 10.2. The predicted molar refractivity (Wildman–Crippen MR) is 60.0 cm³/mol. The van der Waals surface area contributed by atoms with Crippen LogP contribution < -0.4 is 0 Å². The maximum atomic E-state index is 11.6. The van der Waals surface area contributed by atoms with Gasteiger partial charge in [-0.3, -0.25) is 9.36 Å². The van der Waals surface area contributed by atoms with Gasteiger partial charge in [0.2, 0.25) is 6.41 Å². The Morgan fingerprint density at radius 1 is 1.44 bits per heavy atom. The van der Waals surface area contributed by atoms with Gasteiger partial charge in [-0.15, -0.1) is 0 Å². The van der Waals surface area contributed by atoms with Crippen molar-refractivity contribution in [3.63, 3.8) is 0 Å². The summed E-state index contributed by atoms with van der Waals surface area (Å²) in [4.78, 5) is 22.6. The molecule has 0 spiro atoms. The number of fused-ring (bicyclic) bond motifs is 1. The molecule has 0 unspecified atom stereocenters. The number of para-hydroxylation sites is 1. The minimum atomic E-state index is -0.481. The van der Waals surface area contributed by atoms with Crippen LogP contribution in [-0.4, -0.2) is 23.6 Å². The lowest BCUT2D eigenvalue weighted by Gasteiger charge is -2.01. The first-order valence-electron chi connectivity index (χ1n) is 5.00. The normalized spacial score (nSPS) is 10.3. The Balaban J connectivity index is 2.60. The average Bonchev–Trinajstić information content (AvgIpc) is 2.67. The summed E-state index contributed by atoms with van der Waals surface area (Å²) in [5, 5.41) is 0.845. The van der Waals surface area contributed by atoms with Crippen molar-refractivity contribution in [1.82, 2.24) is 4.57 Å². The standard InChI is InChI=1S/C12H11NO3/c1-2-16-12(15)11-7-9-5-3-4-6-10(9)13(11)8-14/h3-8H,2H2,1H3. The molecule has 1 aromatic heterocycles. The average molecular weight is 217 g/mol.